The molecule has 4 heteroatoms. The van der Waals surface area contributed by atoms with Gasteiger partial charge >= 0.3 is 0 Å². The van der Waals surface area contributed by atoms with Crippen LogP contribution in [0.4, 0.5) is 0 Å². The summed E-state index contributed by atoms with van der Waals surface area (Å²) in [6.45, 7) is 4.74. The fraction of sp³-hybridized carbons (Fsp3) is 0.462. The van der Waals surface area contributed by atoms with E-state index >= 15 is 0 Å². The van der Waals surface area contributed by atoms with E-state index in [9.17, 15) is 9.90 Å². The van der Waals surface area contributed by atoms with E-state index in [0.717, 1.165) is 0 Å². The summed E-state index contributed by atoms with van der Waals surface area (Å²) in [5.41, 5.74) is -0.714. The molecule has 2 heterocycles. The van der Waals surface area contributed by atoms with Gasteiger partial charge < -0.3 is 14.4 Å². The first-order chi connectivity index (χ1) is 8.01. The zero-order chi connectivity index (χ0) is 12.5. The first-order valence-electron chi connectivity index (χ1n) is 5.74. The monoisotopic (exact) mass is 235 g/mol. The van der Waals surface area contributed by atoms with Crippen molar-refractivity contribution in [1.82, 2.24) is 4.90 Å². The lowest BCUT2D eigenvalue weighted by Crippen LogP contribution is -2.65. The Labute approximate surface area is 101 Å². The molecule has 1 fully saturated rings. The van der Waals surface area contributed by atoms with Crippen molar-refractivity contribution in [3.63, 3.8) is 0 Å². The zero-order valence-electron chi connectivity index (χ0n) is 10.1. The molecule has 0 unspecified atom stereocenters. The van der Waals surface area contributed by atoms with Crippen LogP contribution in [0.2, 0.25) is 0 Å². The van der Waals surface area contributed by atoms with Crippen LogP contribution in [-0.4, -0.2) is 34.6 Å². The average molecular weight is 235 g/mol. The molecule has 1 aromatic heterocycles. The highest BCUT2D eigenvalue weighted by Crippen LogP contribution is 2.28. The summed E-state index contributed by atoms with van der Waals surface area (Å²) in [5, 5.41) is 10.0. The van der Waals surface area contributed by atoms with Crippen LogP contribution < -0.4 is 0 Å². The van der Waals surface area contributed by atoms with Gasteiger partial charge in [0.1, 0.15) is 11.4 Å². The summed E-state index contributed by atoms with van der Waals surface area (Å²) < 4.78 is 5.09. The Hall–Kier alpha value is -1.55. The summed E-state index contributed by atoms with van der Waals surface area (Å²) >= 11 is 0. The quantitative estimate of drug-likeness (QED) is 0.808. The van der Waals surface area contributed by atoms with Crippen LogP contribution in [0.15, 0.2) is 28.9 Å². The number of hydrogen-bond donors (Lipinski definition) is 1. The van der Waals surface area contributed by atoms with Crippen LogP contribution >= 0.6 is 0 Å². The Morgan fingerprint density at radius 1 is 1.59 bits per heavy atom. The zero-order valence-corrected chi connectivity index (χ0v) is 10.1. The van der Waals surface area contributed by atoms with Crippen molar-refractivity contribution in [2.75, 3.05) is 13.1 Å². The molecule has 1 aromatic rings. The maximum atomic E-state index is 11.7. The van der Waals surface area contributed by atoms with Crippen molar-refractivity contribution in [3.05, 3.63) is 30.2 Å². The molecular formula is C13H17NO3. The maximum Gasteiger partial charge on any atom is 0.246 e. The van der Waals surface area contributed by atoms with E-state index in [4.69, 9.17) is 4.42 Å². The largest absolute Gasteiger partial charge is 0.465 e. The number of carbonyl (C=O) groups excluding carboxylic acids is 1. The molecule has 1 N–H and O–H groups in total. The highest BCUT2D eigenvalue weighted by molar-refractivity contribution is 5.92. The standard InChI is InChI=1S/C13H17NO3/c1-10(2)13(16)8-14(9-13)12(15)6-5-11-4-3-7-17-11/h3-7,10,16H,8-9H2,1-2H3. The second-order valence-electron chi connectivity index (χ2n) is 4.80. The number of likely N-dealkylation sites (tertiary alicyclic amines) is 1. The van der Waals surface area contributed by atoms with Gasteiger partial charge in [-0.1, -0.05) is 13.8 Å². The number of β-amino-alcohol motifs (C(OH)–C–C–N with tert-alkyl or cyclic N) is 1. The fourth-order valence-electron chi connectivity index (χ4n) is 1.78. The SMILES string of the molecule is CC(C)C1(O)CN(C(=O)C=Cc2ccco2)C1. The fourth-order valence-corrected chi connectivity index (χ4v) is 1.78. The van der Waals surface area contributed by atoms with Gasteiger partial charge in [0.05, 0.1) is 19.4 Å². The molecule has 0 radical (unpaired) electrons. The number of hydrogen-bond acceptors (Lipinski definition) is 3. The van der Waals surface area contributed by atoms with E-state index in [0.29, 0.717) is 18.8 Å². The molecule has 2 rings (SSSR count). The molecule has 1 amide bonds. The third-order valence-corrected chi connectivity index (χ3v) is 3.25. The first-order valence-corrected chi connectivity index (χ1v) is 5.74. The smallest absolute Gasteiger partial charge is 0.246 e. The molecule has 0 saturated carbocycles. The minimum Gasteiger partial charge on any atom is -0.465 e. The minimum absolute atomic E-state index is 0.0910. The summed E-state index contributed by atoms with van der Waals surface area (Å²) in [7, 11) is 0. The van der Waals surface area contributed by atoms with E-state index in [-0.39, 0.29) is 11.8 Å². The third kappa shape index (κ3) is 2.42. The summed E-state index contributed by atoms with van der Waals surface area (Å²) in [6.07, 6.45) is 4.67. The van der Waals surface area contributed by atoms with Gasteiger partial charge in [-0.3, -0.25) is 4.79 Å². The lowest BCUT2D eigenvalue weighted by molar-refractivity contribution is -0.158. The summed E-state index contributed by atoms with van der Waals surface area (Å²) in [6, 6.07) is 3.55. The van der Waals surface area contributed by atoms with Gasteiger partial charge in [0, 0.05) is 6.08 Å². The van der Waals surface area contributed by atoms with Gasteiger partial charge in [-0.2, -0.15) is 0 Å². The number of nitrogens with zero attached hydrogens (tertiary/aromatic N) is 1. The van der Waals surface area contributed by atoms with E-state index in [1.54, 1.807) is 29.4 Å². The first kappa shape index (κ1) is 11.9. The molecule has 0 spiro atoms. The van der Waals surface area contributed by atoms with Crippen molar-refractivity contribution >= 4 is 12.0 Å². The molecule has 1 saturated heterocycles. The lowest BCUT2D eigenvalue weighted by Gasteiger charge is -2.48. The van der Waals surface area contributed by atoms with Gasteiger partial charge in [0.25, 0.3) is 0 Å². The van der Waals surface area contributed by atoms with Gasteiger partial charge in [0.2, 0.25) is 5.91 Å². The molecule has 0 bridgehead atoms. The number of carbonyl (C=O) groups is 1. The highest BCUT2D eigenvalue weighted by Gasteiger charge is 2.45. The van der Waals surface area contributed by atoms with Crippen molar-refractivity contribution in [1.29, 1.82) is 0 Å². The van der Waals surface area contributed by atoms with Crippen molar-refractivity contribution in [3.8, 4) is 0 Å². The van der Waals surface area contributed by atoms with Gasteiger partial charge in [-0.05, 0) is 24.1 Å². The second-order valence-corrected chi connectivity index (χ2v) is 4.80. The Morgan fingerprint density at radius 3 is 2.82 bits per heavy atom. The van der Waals surface area contributed by atoms with Gasteiger partial charge in [-0.15, -0.1) is 0 Å². The molecule has 92 valence electrons. The molecule has 4 nitrogen and oxygen atoms in total. The predicted octanol–water partition coefficient (Wildman–Crippen LogP) is 1.52. The second kappa shape index (κ2) is 4.37. The van der Waals surface area contributed by atoms with Crippen LogP contribution in [0.3, 0.4) is 0 Å². The Kier molecular flexibility index (Phi) is 3.07. The lowest BCUT2D eigenvalue weighted by atomic mass is 9.83. The Morgan fingerprint density at radius 2 is 2.29 bits per heavy atom. The van der Waals surface area contributed by atoms with E-state index < -0.39 is 5.60 Å². The molecule has 0 aliphatic carbocycles. The normalized spacial score (nSPS) is 18.7. The molecule has 1 aliphatic rings. The van der Waals surface area contributed by atoms with E-state index in [2.05, 4.69) is 0 Å². The van der Waals surface area contributed by atoms with Crippen molar-refractivity contribution < 1.29 is 14.3 Å². The van der Waals surface area contributed by atoms with E-state index in [1.807, 2.05) is 13.8 Å². The molecule has 1 aliphatic heterocycles. The van der Waals surface area contributed by atoms with Crippen LogP contribution in [0.1, 0.15) is 19.6 Å². The Balaban J connectivity index is 1.88. The molecule has 0 aromatic carbocycles. The number of aliphatic hydroxyl groups is 1. The highest BCUT2D eigenvalue weighted by atomic mass is 16.3. The molecule has 17 heavy (non-hydrogen) atoms. The molecular weight excluding hydrogens is 218 g/mol. The average Bonchev–Trinajstić information content (AvgIpc) is 2.73. The number of amides is 1. The van der Waals surface area contributed by atoms with Crippen LogP contribution in [0, 0.1) is 5.92 Å². The molecule has 0 atom stereocenters. The van der Waals surface area contributed by atoms with E-state index in [1.165, 1.54) is 6.08 Å². The van der Waals surface area contributed by atoms with Crippen LogP contribution in [0.5, 0.6) is 0 Å². The predicted molar refractivity (Wildman–Crippen MR) is 64.1 cm³/mol. The number of furan rings is 1. The Bertz CT molecular complexity index is 414. The van der Waals surface area contributed by atoms with Crippen LogP contribution in [-0.2, 0) is 4.79 Å². The maximum absolute atomic E-state index is 11.7. The van der Waals surface area contributed by atoms with Crippen molar-refractivity contribution in [2.24, 2.45) is 5.92 Å². The van der Waals surface area contributed by atoms with Crippen LogP contribution in [0.25, 0.3) is 6.08 Å². The topological polar surface area (TPSA) is 53.7 Å². The summed E-state index contributed by atoms with van der Waals surface area (Å²) in [5.74, 6) is 0.727. The minimum atomic E-state index is -0.714. The number of rotatable bonds is 3. The van der Waals surface area contributed by atoms with Gasteiger partial charge in [0.15, 0.2) is 0 Å². The van der Waals surface area contributed by atoms with Crippen molar-refractivity contribution in [2.45, 2.75) is 19.4 Å². The third-order valence-electron chi connectivity index (χ3n) is 3.25. The van der Waals surface area contributed by atoms with Gasteiger partial charge in [-0.25, -0.2) is 0 Å². The summed E-state index contributed by atoms with van der Waals surface area (Å²) in [4.78, 5) is 13.3.